The average Bonchev–Trinajstić information content (AvgIpc) is 3.61. The standard InChI is InChI=1S/C35H48N6O6S2/c1-24(2)32(41-17-16-39(34(41)44)20-28-22-48-25(3)37-28)33(43)38-30(18-26-10-8-7-9-11-26)31(42)21-40(23-35(4,5)6)49(46,47)29-14-12-27(13-15-29)19-36-45/h7-15,19,22,24,30-32,42,45H,16-18,20-21,23H2,1-6H3,(H,38,43)/b36-19+/t30-,31+,32?/m0/s1. The van der Waals surface area contributed by atoms with Gasteiger partial charge < -0.3 is 25.4 Å². The van der Waals surface area contributed by atoms with Crippen LogP contribution in [0, 0.1) is 18.3 Å². The van der Waals surface area contributed by atoms with E-state index in [9.17, 15) is 23.1 Å². The fourth-order valence-corrected chi connectivity index (χ4v) is 8.25. The molecule has 1 unspecified atom stereocenters. The molecule has 4 rings (SSSR count). The molecule has 2 aromatic carbocycles. The Bertz CT molecular complexity index is 1690. The van der Waals surface area contributed by atoms with Gasteiger partial charge in [0.15, 0.2) is 0 Å². The van der Waals surface area contributed by atoms with Crippen LogP contribution in [0.4, 0.5) is 4.79 Å². The lowest BCUT2D eigenvalue weighted by Gasteiger charge is -2.35. The minimum absolute atomic E-state index is 0.0208. The molecule has 14 heteroatoms. The van der Waals surface area contributed by atoms with E-state index in [0.29, 0.717) is 25.2 Å². The molecule has 1 fully saturated rings. The number of carbonyl (C=O) groups is 2. The average molecular weight is 713 g/mol. The Morgan fingerprint density at radius 2 is 1.80 bits per heavy atom. The molecule has 0 spiro atoms. The van der Waals surface area contributed by atoms with E-state index in [1.807, 2.05) is 77.3 Å². The maximum Gasteiger partial charge on any atom is 0.321 e. The third kappa shape index (κ3) is 10.1. The molecule has 0 aliphatic carbocycles. The van der Waals surface area contributed by atoms with Gasteiger partial charge in [-0.1, -0.05) is 82.2 Å². The molecule has 3 amide bonds. The smallest absolute Gasteiger partial charge is 0.321 e. The van der Waals surface area contributed by atoms with E-state index in [1.54, 1.807) is 9.80 Å². The van der Waals surface area contributed by atoms with Crippen molar-refractivity contribution >= 4 is 39.5 Å². The molecule has 266 valence electrons. The maximum absolute atomic E-state index is 14.1. The normalized spacial score (nSPS) is 16.1. The number of oxime groups is 1. The first-order valence-electron chi connectivity index (χ1n) is 16.4. The number of amides is 3. The Labute approximate surface area is 293 Å². The third-order valence-corrected chi connectivity index (χ3v) is 10.9. The van der Waals surface area contributed by atoms with Gasteiger partial charge in [0, 0.05) is 31.6 Å². The predicted octanol–water partition coefficient (Wildman–Crippen LogP) is 4.35. The molecule has 3 aromatic rings. The topological polar surface area (TPSA) is 156 Å². The first-order valence-corrected chi connectivity index (χ1v) is 18.7. The van der Waals surface area contributed by atoms with Crippen LogP contribution in [0.3, 0.4) is 0 Å². The van der Waals surface area contributed by atoms with E-state index in [4.69, 9.17) is 5.21 Å². The van der Waals surface area contributed by atoms with Crippen LogP contribution < -0.4 is 5.32 Å². The van der Waals surface area contributed by atoms with Crippen LogP contribution in [-0.4, -0.2) is 100 Å². The lowest BCUT2D eigenvalue weighted by molar-refractivity contribution is -0.128. The molecule has 3 N–H and O–H groups in total. The van der Waals surface area contributed by atoms with Gasteiger partial charge in [0.05, 0.1) is 40.5 Å². The lowest BCUT2D eigenvalue weighted by Crippen LogP contribution is -2.57. The fourth-order valence-electron chi connectivity index (χ4n) is 5.96. The summed E-state index contributed by atoms with van der Waals surface area (Å²) in [6, 6.07) is 13.3. The van der Waals surface area contributed by atoms with Crippen LogP contribution in [0.2, 0.25) is 0 Å². The number of hydrogen-bond acceptors (Lipinski definition) is 9. The van der Waals surface area contributed by atoms with Crippen LogP contribution in [0.5, 0.6) is 0 Å². The molecule has 2 heterocycles. The van der Waals surface area contributed by atoms with Gasteiger partial charge >= 0.3 is 6.03 Å². The van der Waals surface area contributed by atoms with Crippen molar-refractivity contribution in [3.63, 3.8) is 0 Å². The number of aliphatic hydroxyl groups excluding tert-OH is 1. The fraction of sp³-hybridized carbons (Fsp3) is 0.486. The number of aliphatic hydroxyl groups is 1. The second kappa shape index (κ2) is 16.2. The highest BCUT2D eigenvalue weighted by molar-refractivity contribution is 7.89. The van der Waals surface area contributed by atoms with Gasteiger partial charge in [-0.25, -0.2) is 18.2 Å². The van der Waals surface area contributed by atoms with Crippen molar-refractivity contribution in [2.75, 3.05) is 26.2 Å². The van der Waals surface area contributed by atoms with Gasteiger partial charge in [0.25, 0.3) is 0 Å². The second-order valence-electron chi connectivity index (χ2n) is 14.0. The zero-order valence-electron chi connectivity index (χ0n) is 29.0. The van der Waals surface area contributed by atoms with Crippen LogP contribution in [0.1, 0.15) is 56.4 Å². The number of aromatic nitrogens is 1. The van der Waals surface area contributed by atoms with Crippen LogP contribution >= 0.6 is 11.3 Å². The summed E-state index contributed by atoms with van der Waals surface area (Å²) < 4.78 is 29.2. The van der Waals surface area contributed by atoms with Crippen LogP contribution in [-0.2, 0) is 27.8 Å². The number of hydrogen-bond donors (Lipinski definition) is 3. The van der Waals surface area contributed by atoms with Crippen molar-refractivity contribution in [2.45, 2.75) is 77.6 Å². The summed E-state index contributed by atoms with van der Waals surface area (Å²) >= 11 is 1.52. The van der Waals surface area contributed by atoms with Crippen molar-refractivity contribution in [2.24, 2.45) is 16.5 Å². The van der Waals surface area contributed by atoms with Crippen molar-refractivity contribution < 1.29 is 28.3 Å². The highest BCUT2D eigenvalue weighted by Crippen LogP contribution is 2.25. The highest BCUT2D eigenvalue weighted by atomic mass is 32.2. The van der Waals surface area contributed by atoms with Crippen LogP contribution in [0.25, 0.3) is 0 Å². The molecule has 1 aromatic heterocycles. The summed E-state index contributed by atoms with van der Waals surface area (Å²) in [7, 11) is -4.09. The van der Waals surface area contributed by atoms with Gasteiger partial charge in [-0.2, -0.15) is 4.31 Å². The van der Waals surface area contributed by atoms with E-state index in [2.05, 4.69) is 15.5 Å². The molecule has 3 atom stereocenters. The van der Waals surface area contributed by atoms with Gasteiger partial charge in [-0.15, -0.1) is 11.3 Å². The Balaban J connectivity index is 1.59. The minimum Gasteiger partial charge on any atom is -0.411 e. The summed E-state index contributed by atoms with van der Waals surface area (Å²) in [5.74, 6) is -0.655. The quantitative estimate of drug-likeness (QED) is 0.120. The number of sulfonamides is 1. The second-order valence-corrected chi connectivity index (χ2v) is 17.0. The Hall–Kier alpha value is -3.85. The summed E-state index contributed by atoms with van der Waals surface area (Å²) in [6.07, 6.45) is 0.137. The van der Waals surface area contributed by atoms with E-state index >= 15 is 0 Å². The molecule has 1 aliphatic heterocycles. The van der Waals surface area contributed by atoms with Gasteiger partial charge in [-0.05, 0) is 47.9 Å². The van der Waals surface area contributed by atoms with Crippen molar-refractivity contribution in [3.05, 3.63) is 81.8 Å². The number of rotatable bonds is 15. The maximum atomic E-state index is 14.1. The van der Waals surface area contributed by atoms with Gasteiger partial charge in [0.1, 0.15) is 6.04 Å². The molecule has 12 nitrogen and oxygen atoms in total. The van der Waals surface area contributed by atoms with Gasteiger partial charge in [0.2, 0.25) is 15.9 Å². The molecule has 49 heavy (non-hydrogen) atoms. The van der Waals surface area contributed by atoms with Crippen molar-refractivity contribution in [3.8, 4) is 0 Å². The minimum atomic E-state index is -4.09. The van der Waals surface area contributed by atoms with E-state index < -0.39 is 39.5 Å². The molecular weight excluding hydrogens is 665 g/mol. The zero-order valence-corrected chi connectivity index (χ0v) is 30.6. The summed E-state index contributed by atoms with van der Waals surface area (Å²) in [5, 5.41) is 29.5. The SMILES string of the molecule is Cc1nc(CN2CCN(C(C(=O)N[C@@H](Cc3ccccc3)[C@H](O)CN(CC(C)(C)C)S(=O)(=O)c3ccc(/C=N/O)cc3)C(C)C)C2=O)cs1. The number of nitrogens with zero attached hydrogens (tertiary/aromatic N) is 5. The highest BCUT2D eigenvalue weighted by Gasteiger charge is 2.41. The Morgan fingerprint density at radius 1 is 1.12 bits per heavy atom. The molecule has 0 radical (unpaired) electrons. The number of urea groups is 1. The number of benzene rings is 2. The number of nitrogens with one attached hydrogen (secondary N) is 1. The number of carbonyl (C=O) groups excluding carboxylic acids is 2. The van der Waals surface area contributed by atoms with Crippen molar-refractivity contribution in [1.82, 2.24) is 24.4 Å². The predicted molar refractivity (Wildman–Crippen MR) is 190 cm³/mol. The molecule has 1 saturated heterocycles. The first kappa shape index (κ1) is 38.0. The summed E-state index contributed by atoms with van der Waals surface area (Å²) in [5.41, 5.74) is 1.71. The Kier molecular flexibility index (Phi) is 12.6. The van der Waals surface area contributed by atoms with E-state index in [-0.39, 0.29) is 36.4 Å². The molecule has 0 bridgehead atoms. The van der Waals surface area contributed by atoms with E-state index in [1.165, 1.54) is 46.1 Å². The van der Waals surface area contributed by atoms with Crippen LogP contribution in [0.15, 0.2) is 70.0 Å². The monoisotopic (exact) mass is 712 g/mol. The first-order chi connectivity index (χ1) is 23.1. The number of thiazole rings is 1. The Morgan fingerprint density at radius 3 is 2.37 bits per heavy atom. The molecule has 1 aliphatic rings. The molecular formula is C35H48N6O6S2. The molecule has 0 saturated carbocycles. The number of aryl methyl sites for hydroxylation is 1. The van der Waals surface area contributed by atoms with Crippen molar-refractivity contribution in [1.29, 1.82) is 0 Å². The van der Waals surface area contributed by atoms with Gasteiger partial charge in [-0.3, -0.25) is 4.79 Å². The summed E-state index contributed by atoms with van der Waals surface area (Å²) in [6.45, 7) is 12.4. The van der Waals surface area contributed by atoms with E-state index in [0.717, 1.165) is 16.3 Å². The lowest BCUT2D eigenvalue weighted by atomic mass is 9.96. The summed E-state index contributed by atoms with van der Waals surface area (Å²) in [4.78, 5) is 35.4. The zero-order chi connectivity index (χ0) is 35.9. The third-order valence-electron chi connectivity index (χ3n) is 8.24. The largest absolute Gasteiger partial charge is 0.411 e.